The average Bonchev–Trinajstić information content (AvgIpc) is 2.35. The van der Waals surface area contributed by atoms with Gasteiger partial charge in [-0.25, -0.2) is 13.1 Å². The lowest BCUT2D eigenvalue weighted by Crippen LogP contribution is -2.38. The van der Waals surface area contributed by atoms with Crippen LogP contribution in [0.3, 0.4) is 0 Å². The maximum atomic E-state index is 12.5. The van der Waals surface area contributed by atoms with Crippen LogP contribution in [-0.4, -0.2) is 26.0 Å². The summed E-state index contributed by atoms with van der Waals surface area (Å²) < 4.78 is 27.8. The van der Waals surface area contributed by atoms with Gasteiger partial charge in [-0.1, -0.05) is 6.07 Å². The van der Waals surface area contributed by atoms with Crippen molar-refractivity contribution in [2.24, 2.45) is 0 Å². The Hall–Kier alpha value is -0.720. The maximum Gasteiger partial charge on any atom is 0.243 e. The molecule has 0 aliphatic carbocycles. The lowest BCUT2D eigenvalue weighted by molar-refractivity contribution is 0.543. The number of nitrogen functional groups attached to an aromatic ring is 1. The summed E-state index contributed by atoms with van der Waals surface area (Å²) in [5.74, 6) is 1.95. The molecule has 0 spiro atoms. The zero-order valence-electron chi connectivity index (χ0n) is 11.3. The molecule has 1 aliphatic rings. The highest BCUT2D eigenvalue weighted by atomic mass is 32.2. The van der Waals surface area contributed by atoms with Gasteiger partial charge in [0.2, 0.25) is 10.0 Å². The lowest BCUT2D eigenvalue weighted by Gasteiger charge is -2.23. The summed E-state index contributed by atoms with van der Waals surface area (Å²) in [7, 11) is -3.53. The number of hydrogen-bond donors (Lipinski definition) is 2. The third-order valence-electron chi connectivity index (χ3n) is 3.46. The molecule has 1 fully saturated rings. The molecule has 0 saturated carbocycles. The second-order valence-electron chi connectivity index (χ2n) is 4.96. The van der Waals surface area contributed by atoms with Gasteiger partial charge in [0.1, 0.15) is 4.90 Å². The van der Waals surface area contributed by atoms with E-state index in [9.17, 15) is 8.42 Å². The van der Waals surface area contributed by atoms with E-state index < -0.39 is 10.0 Å². The van der Waals surface area contributed by atoms with Gasteiger partial charge in [0.15, 0.2) is 0 Å². The van der Waals surface area contributed by atoms with Crippen molar-refractivity contribution in [3.63, 3.8) is 0 Å². The van der Waals surface area contributed by atoms with E-state index in [1.165, 1.54) is 0 Å². The predicted molar refractivity (Wildman–Crippen MR) is 81.0 cm³/mol. The van der Waals surface area contributed by atoms with Crippen molar-refractivity contribution < 1.29 is 8.42 Å². The summed E-state index contributed by atoms with van der Waals surface area (Å²) >= 11 is 1.79. The van der Waals surface area contributed by atoms with Crippen molar-refractivity contribution in [3.05, 3.63) is 23.3 Å². The summed E-state index contributed by atoms with van der Waals surface area (Å²) in [6.07, 6.45) is 1.96. The van der Waals surface area contributed by atoms with Crippen molar-refractivity contribution >= 4 is 27.5 Å². The fourth-order valence-corrected chi connectivity index (χ4v) is 5.16. The minimum atomic E-state index is -3.53. The molecular weight excluding hydrogens is 280 g/mol. The highest BCUT2D eigenvalue weighted by molar-refractivity contribution is 7.99. The molecule has 2 rings (SSSR count). The van der Waals surface area contributed by atoms with Crippen molar-refractivity contribution in [1.82, 2.24) is 4.72 Å². The predicted octanol–water partition coefficient (Wildman–Crippen LogP) is 2.06. The van der Waals surface area contributed by atoms with Crippen LogP contribution in [0.5, 0.6) is 0 Å². The molecule has 1 aromatic rings. The van der Waals surface area contributed by atoms with Gasteiger partial charge in [-0.2, -0.15) is 11.8 Å². The number of hydrogen-bond acceptors (Lipinski definition) is 4. The first-order valence-corrected chi connectivity index (χ1v) is 9.01. The van der Waals surface area contributed by atoms with Crippen LogP contribution in [-0.2, 0) is 10.0 Å². The van der Waals surface area contributed by atoms with Gasteiger partial charge in [-0.05, 0) is 49.6 Å². The van der Waals surface area contributed by atoms with E-state index in [0.29, 0.717) is 5.69 Å². The third kappa shape index (κ3) is 3.24. The number of anilines is 1. The number of nitrogens with two attached hydrogens (primary N) is 1. The Bertz CT molecular complexity index is 564. The standard InChI is InChI=1S/C13H20N2O2S2/c1-9-5-6-12(14)13(10(9)2)19(16,17)15-11-4-3-7-18-8-11/h5-6,11,15H,3-4,7-8,14H2,1-2H3. The van der Waals surface area contributed by atoms with Gasteiger partial charge in [0, 0.05) is 11.8 Å². The SMILES string of the molecule is Cc1ccc(N)c(S(=O)(=O)NC2CCCSC2)c1C. The van der Waals surface area contributed by atoms with Crippen LogP contribution in [0, 0.1) is 13.8 Å². The van der Waals surface area contributed by atoms with Crippen LogP contribution < -0.4 is 10.5 Å². The normalized spacial score (nSPS) is 20.4. The van der Waals surface area contributed by atoms with Crippen LogP contribution in [0.1, 0.15) is 24.0 Å². The van der Waals surface area contributed by atoms with Crippen molar-refractivity contribution in [1.29, 1.82) is 0 Å². The summed E-state index contributed by atoms with van der Waals surface area (Å²) in [5.41, 5.74) is 7.85. The van der Waals surface area contributed by atoms with Gasteiger partial charge >= 0.3 is 0 Å². The molecule has 1 aromatic carbocycles. The van der Waals surface area contributed by atoms with E-state index in [0.717, 1.165) is 35.5 Å². The lowest BCUT2D eigenvalue weighted by atomic mass is 10.1. The summed E-state index contributed by atoms with van der Waals surface area (Å²) in [6, 6.07) is 3.52. The molecule has 3 N–H and O–H groups in total. The molecule has 1 saturated heterocycles. The quantitative estimate of drug-likeness (QED) is 0.838. The average molecular weight is 300 g/mol. The first-order chi connectivity index (χ1) is 8.92. The fraction of sp³-hybridized carbons (Fsp3) is 0.538. The Balaban J connectivity index is 2.31. The number of thioether (sulfide) groups is 1. The minimum Gasteiger partial charge on any atom is -0.398 e. The fourth-order valence-electron chi connectivity index (χ4n) is 2.28. The van der Waals surface area contributed by atoms with Crippen LogP contribution in [0.4, 0.5) is 5.69 Å². The number of benzene rings is 1. The van der Waals surface area contributed by atoms with Crippen molar-refractivity contribution in [2.45, 2.75) is 37.6 Å². The highest BCUT2D eigenvalue weighted by Gasteiger charge is 2.25. The monoisotopic (exact) mass is 300 g/mol. The van der Waals surface area contributed by atoms with Crippen LogP contribution in [0.15, 0.2) is 17.0 Å². The third-order valence-corrected chi connectivity index (χ3v) is 6.40. The number of aryl methyl sites for hydroxylation is 1. The Kier molecular flexibility index (Phi) is 4.43. The largest absolute Gasteiger partial charge is 0.398 e. The second-order valence-corrected chi connectivity index (χ2v) is 7.76. The van der Waals surface area contributed by atoms with Crippen LogP contribution in [0.2, 0.25) is 0 Å². The first-order valence-electron chi connectivity index (χ1n) is 6.37. The van der Waals surface area contributed by atoms with Crippen LogP contribution in [0.25, 0.3) is 0 Å². The second kappa shape index (κ2) is 5.73. The van der Waals surface area contributed by atoms with Crippen molar-refractivity contribution in [2.75, 3.05) is 17.2 Å². The molecule has 0 radical (unpaired) electrons. The molecule has 1 heterocycles. The first kappa shape index (κ1) is 14.7. The smallest absolute Gasteiger partial charge is 0.243 e. The van der Waals surface area contributed by atoms with E-state index in [1.54, 1.807) is 24.8 Å². The van der Waals surface area contributed by atoms with Gasteiger partial charge in [0.25, 0.3) is 0 Å². The summed E-state index contributed by atoms with van der Waals surface area (Å²) in [5, 5.41) is 0. The Morgan fingerprint density at radius 3 is 2.74 bits per heavy atom. The zero-order valence-corrected chi connectivity index (χ0v) is 12.9. The molecule has 1 atom stereocenters. The Morgan fingerprint density at radius 1 is 1.37 bits per heavy atom. The Labute approximate surface area is 119 Å². The molecule has 106 valence electrons. The van der Waals surface area contributed by atoms with E-state index in [4.69, 9.17) is 5.73 Å². The van der Waals surface area contributed by atoms with E-state index in [1.807, 2.05) is 13.0 Å². The zero-order chi connectivity index (χ0) is 14.0. The maximum absolute atomic E-state index is 12.5. The molecular formula is C13H20N2O2S2. The van der Waals surface area contributed by atoms with E-state index in [2.05, 4.69) is 4.72 Å². The topological polar surface area (TPSA) is 72.2 Å². The van der Waals surface area contributed by atoms with Gasteiger partial charge < -0.3 is 5.73 Å². The molecule has 4 nitrogen and oxygen atoms in total. The Morgan fingerprint density at radius 2 is 2.11 bits per heavy atom. The summed E-state index contributed by atoms with van der Waals surface area (Å²) in [4.78, 5) is 0.239. The van der Waals surface area contributed by atoms with Gasteiger partial charge in [0.05, 0.1) is 5.69 Å². The summed E-state index contributed by atoms with van der Waals surface area (Å²) in [6.45, 7) is 3.69. The molecule has 6 heteroatoms. The molecule has 0 aromatic heterocycles. The molecule has 1 unspecified atom stereocenters. The van der Waals surface area contributed by atoms with Crippen LogP contribution >= 0.6 is 11.8 Å². The molecule has 19 heavy (non-hydrogen) atoms. The molecule has 0 amide bonds. The minimum absolute atomic E-state index is 0.0167. The van der Waals surface area contributed by atoms with E-state index in [-0.39, 0.29) is 10.9 Å². The molecule has 0 bridgehead atoms. The number of rotatable bonds is 3. The van der Waals surface area contributed by atoms with Gasteiger partial charge in [-0.3, -0.25) is 0 Å². The van der Waals surface area contributed by atoms with E-state index >= 15 is 0 Å². The number of nitrogens with one attached hydrogen (secondary N) is 1. The highest BCUT2D eigenvalue weighted by Crippen LogP contribution is 2.26. The molecule has 1 aliphatic heterocycles. The van der Waals surface area contributed by atoms with Crippen molar-refractivity contribution in [3.8, 4) is 0 Å². The van der Waals surface area contributed by atoms with Gasteiger partial charge in [-0.15, -0.1) is 0 Å². The number of sulfonamides is 1.